The third-order valence-electron chi connectivity index (χ3n) is 3.53. The van der Waals surface area contributed by atoms with Crippen LogP contribution in [0.2, 0.25) is 0 Å². The molecule has 0 aromatic rings. The molecular weight excluding hydrogens is 244 g/mol. The Morgan fingerprint density at radius 3 is 2.32 bits per heavy atom. The Morgan fingerprint density at radius 2 is 1.79 bits per heavy atom. The summed E-state index contributed by atoms with van der Waals surface area (Å²) in [4.78, 5) is 13.6. The second-order valence-corrected chi connectivity index (χ2v) is 6.12. The third-order valence-corrected chi connectivity index (χ3v) is 3.53. The van der Waals surface area contributed by atoms with E-state index in [4.69, 9.17) is 0 Å². The van der Waals surface area contributed by atoms with Crippen molar-refractivity contribution in [3.63, 3.8) is 0 Å². The number of carbonyl (C=O) groups is 1. The van der Waals surface area contributed by atoms with Crippen LogP contribution < -0.4 is 5.32 Å². The molecule has 5 heteroatoms. The lowest BCUT2D eigenvalue weighted by atomic mass is 10.0. The van der Waals surface area contributed by atoms with Crippen molar-refractivity contribution in [1.29, 1.82) is 0 Å². The maximum Gasteiger partial charge on any atom is 0.234 e. The number of likely N-dealkylation sites (tertiary alicyclic amines) is 1. The fourth-order valence-corrected chi connectivity index (χ4v) is 2.40. The van der Waals surface area contributed by atoms with Crippen LogP contribution in [0.3, 0.4) is 0 Å². The molecule has 3 N–H and O–H groups in total. The molecule has 0 aliphatic carbocycles. The maximum absolute atomic E-state index is 11.8. The summed E-state index contributed by atoms with van der Waals surface area (Å²) in [5.74, 6) is 0.675. The number of carbonyl (C=O) groups excluding carboxylic acids is 1. The van der Waals surface area contributed by atoms with Gasteiger partial charge in [-0.1, -0.05) is 26.7 Å². The van der Waals surface area contributed by atoms with Gasteiger partial charge in [-0.2, -0.15) is 0 Å². The topological polar surface area (TPSA) is 72.8 Å². The van der Waals surface area contributed by atoms with Crippen LogP contribution in [0, 0.1) is 5.92 Å². The first kappa shape index (κ1) is 16.4. The van der Waals surface area contributed by atoms with Crippen molar-refractivity contribution in [2.24, 2.45) is 5.92 Å². The fraction of sp³-hybridized carbons (Fsp3) is 0.929. The number of rotatable bonds is 7. The minimum atomic E-state index is -0.726. The van der Waals surface area contributed by atoms with Gasteiger partial charge in [-0.15, -0.1) is 0 Å². The van der Waals surface area contributed by atoms with E-state index in [1.165, 1.54) is 6.42 Å². The van der Waals surface area contributed by atoms with E-state index in [1.807, 2.05) is 6.92 Å². The van der Waals surface area contributed by atoms with Crippen LogP contribution in [-0.4, -0.2) is 58.9 Å². The van der Waals surface area contributed by atoms with Gasteiger partial charge in [-0.3, -0.25) is 9.69 Å². The highest BCUT2D eigenvalue weighted by Gasteiger charge is 2.30. The molecule has 0 radical (unpaired) electrons. The van der Waals surface area contributed by atoms with Gasteiger partial charge in [0.1, 0.15) is 0 Å². The summed E-state index contributed by atoms with van der Waals surface area (Å²) in [6.45, 7) is 7.42. The lowest BCUT2D eigenvalue weighted by molar-refractivity contribution is -0.122. The van der Waals surface area contributed by atoms with E-state index in [0.29, 0.717) is 19.0 Å². The lowest BCUT2D eigenvalue weighted by Gasteiger charge is -2.18. The Morgan fingerprint density at radius 1 is 1.21 bits per heavy atom. The quantitative estimate of drug-likeness (QED) is 0.625. The number of aliphatic hydroxyl groups excluding tert-OH is 2. The minimum absolute atomic E-state index is 0.0293. The first-order valence-corrected chi connectivity index (χ1v) is 7.26. The number of nitrogens with one attached hydrogen (secondary N) is 1. The van der Waals surface area contributed by atoms with Gasteiger partial charge in [0.05, 0.1) is 18.8 Å². The van der Waals surface area contributed by atoms with Crippen molar-refractivity contribution in [1.82, 2.24) is 10.2 Å². The third kappa shape index (κ3) is 6.36. The van der Waals surface area contributed by atoms with E-state index in [1.54, 1.807) is 4.90 Å². The average molecular weight is 272 g/mol. The zero-order valence-corrected chi connectivity index (χ0v) is 12.3. The van der Waals surface area contributed by atoms with Gasteiger partial charge >= 0.3 is 0 Å². The van der Waals surface area contributed by atoms with Gasteiger partial charge in [0, 0.05) is 19.1 Å². The number of nitrogens with zero attached hydrogens (tertiary/aromatic N) is 1. The molecule has 0 saturated carbocycles. The van der Waals surface area contributed by atoms with E-state index in [-0.39, 0.29) is 18.5 Å². The normalized spacial score (nSPS) is 25.8. The molecule has 0 aromatic carbocycles. The largest absolute Gasteiger partial charge is 0.389 e. The highest BCUT2D eigenvalue weighted by molar-refractivity contribution is 5.78. The molecule has 1 amide bonds. The number of aliphatic hydroxyl groups is 2. The van der Waals surface area contributed by atoms with Crippen molar-refractivity contribution >= 4 is 5.91 Å². The van der Waals surface area contributed by atoms with Gasteiger partial charge in [-0.25, -0.2) is 0 Å². The molecule has 3 unspecified atom stereocenters. The second kappa shape index (κ2) is 7.82. The molecule has 1 fully saturated rings. The molecule has 0 aromatic heterocycles. The molecule has 1 aliphatic rings. The van der Waals surface area contributed by atoms with Gasteiger partial charge in [-0.05, 0) is 19.3 Å². The van der Waals surface area contributed by atoms with Crippen molar-refractivity contribution in [2.45, 2.75) is 58.3 Å². The smallest absolute Gasteiger partial charge is 0.234 e. The lowest BCUT2D eigenvalue weighted by Crippen LogP contribution is -2.40. The summed E-state index contributed by atoms with van der Waals surface area (Å²) in [6, 6.07) is 0.184. The van der Waals surface area contributed by atoms with Gasteiger partial charge < -0.3 is 15.5 Å². The Hall–Kier alpha value is -0.650. The second-order valence-electron chi connectivity index (χ2n) is 6.12. The monoisotopic (exact) mass is 272 g/mol. The molecule has 1 rings (SSSR count). The first-order chi connectivity index (χ1) is 8.88. The van der Waals surface area contributed by atoms with Crippen molar-refractivity contribution in [2.75, 3.05) is 19.6 Å². The Kier molecular flexibility index (Phi) is 6.75. The van der Waals surface area contributed by atoms with Crippen LogP contribution in [0.25, 0.3) is 0 Å². The van der Waals surface area contributed by atoms with Gasteiger partial charge in [0.25, 0.3) is 0 Å². The molecule has 1 heterocycles. The van der Waals surface area contributed by atoms with Gasteiger partial charge in [0.15, 0.2) is 0 Å². The van der Waals surface area contributed by atoms with Crippen LogP contribution in [-0.2, 0) is 4.79 Å². The molecule has 112 valence electrons. The summed E-state index contributed by atoms with van der Waals surface area (Å²) in [6.07, 6.45) is 1.85. The van der Waals surface area contributed by atoms with Crippen molar-refractivity contribution < 1.29 is 15.0 Å². The number of amides is 1. The highest BCUT2D eigenvalue weighted by atomic mass is 16.3. The van der Waals surface area contributed by atoms with Crippen LogP contribution in [0.4, 0.5) is 0 Å². The minimum Gasteiger partial charge on any atom is -0.389 e. The summed E-state index contributed by atoms with van der Waals surface area (Å²) in [5.41, 5.74) is 0. The van der Waals surface area contributed by atoms with E-state index >= 15 is 0 Å². The summed E-state index contributed by atoms with van der Waals surface area (Å²) < 4.78 is 0. The number of hydrogen-bond donors (Lipinski definition) is 3. The van der Waals surface area contributed by atoms with Gasteiger partial charge in [0.2, 0.25) is 5.91 Å². The van der Waals surface area contributed by atoms with E-state index < -0.39 is 12.2 Å². The van der Waals surface area contributed by atoms with E-state index in [9.17, 15) is 15.0 Å². The zero-order chi connectivity index (χ0) is 14.4. The molecule has 19 heavy (non-hydrogen) atoms. The van der Waals surface area contributed by atoms with E-state index in [0.717, 1.165) is 12.8 Å². The number of hydrogen-bond acceptors (Lipinski definition) is 4. The molecule has 5 nitrogen and oxygen atoms in total. The average Bonchev–Trinajstić information content (AvgIpc) is 2.56. The SMILES string of the molecule is CC(C)CCCC(C)NC(=O)CN1CC(O)C(O)C1. The summed E-state index contributed by atoms with van der Waals surface area (Å²) in [7, 11) is 0. The Labute approximate surface area is 116 Å². The Balaban J connectivity index is 2.16. The highest BCUT2D eigenvalue weighted by Crippen LogP contribution is 2.10. The predicted octanol–water partition coefficient (Wildman–Crippen LogP) is 0.355. The van der Waals surface area contributed by atoms with Crippen LogP contribution >= 0.6 is 0 Å². The predicted molar refractivity (Wildman–Crippen MR) is 74.7 cm³/mol. The molecule has 1 aliphatic heterocycles. The fourth-order valence-electron chi connectivity index (χ4n) is 2.40. The van der Waals surface area contributed by atoms with E-state index in [2.05, 4.69) is 19.2 Å². The molecule has 1 saturated heterocycles. The number of β-amino-alcohol motifs (C(OH)–C–C–N with tert-alkyl or cyclic N) is 2. The summed E-state index contributed by atoms with van der Waals surface area (Å²) in [5, 5.41) is 21.8. The molecular formula is C14H28N2O3. The van der Waals surface area contributed by atoms with Crippen molar-refractivity contribution in [3.8, 4) is 0 Å². The molecule has 0 bridgehead atoms. The Bertz CT molecular complexity index is 274. The maximum atomic E-state index is 11.8. The zero-order valence-electron chi connectivity index (χ0n) is 12.3. The van der Waals surface area contributed by atoms with Crippen molar-refractivity contribution in [3.05, 3.63) is 0 Å². The van der Waals surface area contributed by atoms with Crippen LogP contribution in [0.5, 0.6) is 0 Å². The van der Waals surface area contributed by atoms with Crippen LogP contribution in [0.1, 0.15) is 40.0 Å². The standard InChI is InChI=1S/C14H28N2O3/c1-10(2)5-4-6-11(3)15-14(19)9-16-7-12(17)13(18)8-16/h10-13,17-18H,4-9H2,1-3H3,(H,15,19). The van der Waals surface area contributed by atoms with Crippen LogP contribution in [0.15, 0.2) is 0 Å². The summed E-state index contributed by atoms with van der Waals surface area (Å²) >= 11 is 0. The first-order valence-electron chi connectivity index (χ1n) is 7.26. The molecule has 3 atom stereocenters. The molecule has 0 spiro atoms.